The minimum absolute atomic E-state index is 0. The van der Waals surface area contributed by atoms with Crippen LogP contribution in [-0.4, -0.2) is 22.9 Å². The molecule has 0 saturated carbocycles. The zero-order chi connectivity index (χ0) is 19.3. The van der Waals surface area contributed by atoms with Gasteiger partial charge in [-0.05, 0) is 6.20 Å². The second-order valence-corrected chi connectivity index (χ2v) is 6.15. The van der Waals surface area contributed by atoms with Crippen molar-refractivity contribution in [3.05, 3.63) is 109 Å². The third-order valence-corrected chi connectivity index (χ3v) is 4.40. The summed E-state index contributed by atoms with van der Waals surface area (Å²) in [4.78, 5) is 11.1. The third-order valence-electron chi connectivity index (χ3n) is 4.40. The van der Waals surface area contributed by atoms with E-state index in [2.05, 4.69) is 23.0 Å². The predicted octanol–water partition coefficient (Wildman–Crippen LogP) is 3.55. The Bertz CT molecular complexity index is 892. The molecule has 6 nitrogen and oxygen atoms in total. The average Bonchev–Trinajstić information content (AvgIpc) is 3.37. The van der Waals surface area contributed by atoms with Crippen LogP contribution in [0.1, 0.15) is 0 Å². The van der Waals surface area contributed by atoms with Crippen LogP contribution in [0.5, 0.6) is 0 Å². The smallest absolute Gasteiger partial charge is 0.499 e. The van der Waals surface area contributed by atoms with Crippen LogP contribution in [-0.2, 0) is 21.1 Å². The van der Waals surface area contributed by atoms with Crippen LogP contribution < -0.4 is 9.80 Å². The third kappa shape index (κ3) is 4.45. The molecule has 2 heterocycles. The molecule has 0 atom stereocenters. The first-order valence-corrected chi connectivity index (χ1v) is 8.73. The minimum atomic E-state index is 0. The van der Waals surface area contributed by atoms with Gasteiger partial charge in [0.15, 0.2) is 0 Å². The summed E-state index contributed by atoms with van der Waals surface area (Å²) in [6.07, 6.45) is 3.58. The van der Waals surface area contributed by atoms with E-state index in [-0.39, 0.29) is 21.1 Å². The second kappa shape index (κ2) is 9.32. The van der Waals surface area contributed by atoms with Crippen LogP contribution >= 0.6 is 0 Å². The van der Waals surface area contributed by atoms with Gasteiger partial charge in [0.1, 0.15) is 11.8 Å². The van der Waals surface area contributed by atoms with Gasteiger partial charge in [0.2, 0.25) is 5.82 Å². The molecule has 144 valence electrons. The number of rotatable bonds is 5. The number of anilines is 2. The fourth-order valence-electron chi connectivity index (χ4n) is 3.00. The van der Waals surface area contributed by atoms with E-state index in [1.807, 2.05) is 81.5 Å². The molecule has 0 bridgehead atoms. The van der Waals surface area contributed by atoms with Gasteiger partial charge < -0.3 is 24.4 Å². The molecule has 0 amide bonds. The molecule has 0 radical (unpaired) electrons. The van der Waals surface area contributed by atoms with Crippen LogP contribution in [0, 0.1) is 43.4 Å². The average molecular weight is 559 g/mol. The summed E-state index contributed by atoms with van der Waals surface area (Å²) in [6, 6.07) is 23.8. The van der Waals surface area contributed by atoms with Gasteiger partial charge in [0.05, 0.1) is 6.54 Å². The molecule has 7 heteroatoms. The Labute approximate surface area is 185 Å². The second-order valence-electron chi connectivity index (χ2n) is 6.15. The Kier molecular flexibility index (Phi) is 6.60. The van der Waals surface area contributed by atoms with E-state index in [0.717, 1.165) is 11.4 Å². The van der Waals surface area contributed by atoms with E-state index >= 15 is 0 Å². The summed E-state index contributed by atoms with van der Waals surface area (Å²) < 4.78 is 0. The Morgan fingerprint density at radius 1 is 0.931 bits per heavy atom. The quantitative estimate of drug-likeness (QED) is 0.525. The molecule has 0 N–H and O–H groups in total. The number of para-hydroxylation sites is 2. The minimum Gasteiger partial charge on any atom is -0.499 e. The number of hydrogen-bond donors (Lipinski definition) is 0. The van der Waals surface area contributed by atoms with Crippen molar-refractivity contribution < 1.29 is 21.1 Å². The van der Waals surface area contributed by atoms with Crippen molar-refractivity contribution in [2.75, 3.05) is 22.9 Å². The summed E-state index contributed by atoms with van der Waals surface area (Å²) in [6.45, 7) is 12.4. The van der Waals surface area contributed by atoms with E-state index in [9.17, 15) is 5.26 Å². The van der Waals surface area contributed by atoms with Crippen LogP contribution in [0.3, 0.4) is 0 Å². The molecule has 0 saturated heterocycles. The van der Waals surface area contributed by atoms with Gasteiger partial charge in [-0.1, -0.05) is 13.2 Å². The normalized spacial score (nSPS) is 15.4. The molecular formula is C22H16N6Pt. The van der Waals surface area contributed by atoms with Crippen molar-refractivity contribution >= 4 is 11.4 Å². The summed E-state index contributed by atoms with van der Waals surface area (Å²) in [5.74, 6) is 0.534. The van der Waals surface area contributed by atoms with E-state index in [0.29, 0.717) is 24.6 Å². The maximum absolute atomic E-state index is 9.47. The van der Waals surface area contributed by atoms with E-state index < -0.39 is 0 Å². The van der Waals surface area contributed by atoms with E-state index in [4.69, 9.17) is 6.57 Å². The van der Waals surface area contributed by atoms with Crippen LogP contribution in [0.2, 0.25) is 0 Å². The van der Waals surface area contributed by atoms with E-state index in [1.54, 1.807) is 12.4 Å². The van der Waals surface area contributed by atoms with Crippen molar-refractivity contribution in [2.24, 2.45) is 0 Å². The predicted molar refractivity (Wildman–Crippen MR) is 106 cm³/mol. The first kappa shape index (κ1) is 20.5. The van der Waals surface area contributed by atoms with Crippen LogP contribution in [0.15, 0.2) is 72.4 Å². The standard InChI is InChI=1S/C22H16N6.Pt/c1-24-22-16-28(20-10-6-3-7-11-20)18-26(22)13-12-25-17-27(15-21(25)14-23)19-8-4-2-5-9-19;/h2-8,10,15-18H,12-13H2;/q-4;+4. The molecule has 0 aliphatic carbocycles. The molecule has 2 aliphatic heterocycles. The molecule has 2 aliphatic rings. The number of allylic oxidation sites excluding steroid dienone is 1. The SMILES string of the molecule is [C-]#[N+]C1=CN(c2[c-]cccc2)[CH-]N1CCN1[CH-]N(c2[c-]cccc2)C=C1C#N.[Pt+4]. The summed E-state index contributed by atoms with van der Waals surface area (Å²) in [7, 11) is 0. The summed E-state index contributed by atoms with van der Waals surface area (Å²) >= 11 is 0. The molecule has 0 aromatic heterocycles. The van der Waals surface area contributed by atoms with Crippen LogP contribution in [0.4, 0.5) is 11.4 Å². The molecule has 0 spiro atoms. The number of benzene rings is 2. The van der Waals surface area contributed by atoms with Gasteiger partial charge >= 0.3 is 21.1 Å². The molecule has 4 rings (SSSR count). The molecule has 2 aromatic rings. The van der Waals surface area contributed by atoms with Crippen molar-refractivity contribution in [3.8, 4) is 6.07 Å². The van der Waals surface area contributed by atoms with Crippen molar-refractivity contribution in [3.63, 3.8) is 0 Å². The topological polar surface area (TPSA) is 41.1 Å². The zero-order valence-corrected chi connectivity index (χ0v) is 17.6. The fraction of sp³-hybridized carbons (Fsp3) is 0.0909. The number of nitriles is 1. The molecule has 2 aromatic carbocycles. The van der Waals surface area contributed by atoms with E-state index in [1.165, 1.54) is 0 Å². The first-order chi connectivity index (χ1) is 13.8. The maximum atomic E-state index is 9.47. The Morgan fingerprint density at radius 3 is 2.07 bits per heavy atom. The number of nitrogens with zero attached hydrogens (tertiary/aromatic N) is 6. The summed E-state index contributed by atoms with van der Waals surface area (Å²) in [5.41, 5.74) is 2.30. The van der Waals surface area contributed by atoms with Crippen LogP contribution in [0.25, 0.3) is 4.85 Å². The van der Waals surface area contributed by atoms with Crippen molar-refractivity contribution in [2.45, 2.75) is 0 Å². The van der Waals surface area contributed by atoms with Crippen molar-refractivity contribution in [1.29, 1.82) is 5.26 Å². The fourth-order valence-corrected chi connectivity index (χ4v) is 3.00. The number of hydrogen-bond acceptors (Lipinski definition) is 5. The van der Waals surface area contributed by atoms with Gasteiger partial charge in [-0.15, -0.1) is 11.4 Å². The van der Waals surface area contributed by atoms with Gasteiger partial charge in [-0.25, -0.2) is 0 Å². The zero-order valence-electron chi connectivity index (χ0n) is 15.3. The van der Waals surface area contributed by atoms with Gasteiger partial charge in [-0.2, -0.15) is 72.6 Å². The maximum Gasteiger partial charge on any atom is 4.00 e. The first-order valence-electron chi connectivity index (χ1n) is 8.73. The van der Waals surface area contributed by atoms with Crippen molar-refractivity contribution in [1.82, 2.24) is 9.80 Å². The molecule has 0 fully saturated rings. The van der Waals surface area contributed by atoms with Gasteiger partial charge in [0.25, 0.3) is 0 Å². The monoisotopic (exact) mass is 559 g/mol. The Morgan fingerprint density at radius 2 is 1.52 bits per heavy atom. The molecule has 0 unspecified atom stereocenters. The largest absolute Gasteiger partial charge is 4.00 e. The molecular weight excluding hydrogens is 543 g/mol. The Hall–Kier alpha value is -3.21. The van der Waals surface area contributed by atoms with Gasteiger partial charge in [0, 0.05) is 12.7 Å². The summed E-state index contributed by atoms with van der Waals surface area (Å²) in [5, 5.41) is 9.47. The van der Waals surface area contributed by atoms with Gasteiger partial charge in [-0.3, -0.25) is 0 Å². The Balaban J connectivity index is 0.00000240. The molecule has 29 heavy (non-hydrogen) atoms.